The Hall–Kier alpha value is -1.33. The average molecular weight is 266 g/mol. The van der Waals surface area contributed by atoms with Crippen molar-refractivity contribution in [1.29, 1.82) is 0 Å². The van der Waals surface area contributed by atoms with Gasteiger partial charge in [-0.3, -0.25) is 0 Å². The first kappa shape index (κ1) is 11.7. The maximum Gasteiger partial charge on any atom is 0.245 e. The molecule has 2 unspecified atom stereocenters. The van der Waals surface area contributed by atoms with Gasteiger partial charge in [0.15, 0.2) is 5.65 Å². The summed E-state index contributed by atoms with van der Waals surface area (Å²) < 4.78 is 1.72. The molecule has 1 saturated heterocycles. The summed E-state index contributed by atoms with van der Waals surface area (Å²) in [7, 11) is 0. The number of nitrogens with zero attached hydrogens (tertiary/aromatic N) is 4. The first-order valence-corrected chi connectivity index (χ1v) is 6.54. The van der Waals surface area contributed by atoms with Crippen LogP contribution in [0.5, 0.6) is 0 Å². The van der Waals surface area contributed by atoms with E-state index in [1.807, 2.05) is 12.1 Å². The van der Waals surface area contributed by atoms with Crippen molar-refractivity contribution >= 4 is 23.2 Å². The predicted molar refractivity (Wildman–Crippen MR) is 72.0 cm³/mol. The Kier molecular flexibility index (Phi) is 2.87. The molecule has 1 aliphatic heterocycles. The van der Waals surface area contributed by atoms with Gasteiger partial charge in [-0.1, -0.05) is 11.6 Å². The average Bonchev–Trinajstić information content (AvgIpc) is 2.91. The van der Waals surface area contributed by atoms with E-state index < -0.39 is 0 Å². The van der Waals surface area contributed by atoms with E-state index in [0.29, 0.717) is 17.0 Å². The minimum absolute atomic E-state index is 0.437. The third kappa shape index (κ3) is 1.93. The molecule has 2 atom stereocenters. The summed E-state index contributed by atoms with van der Waals surface area (Å²) in [6.07, 6.45) is 2.88. The van der Waals surface area contributed by atoms with Gasteiger partial charge in [-0.15, -0.1) is 5.10 Å². The first-order valence-electron chi connectivity index (χ1n) is 6.16. The summed E-state index contributed by atoms with van der Waals surface area (Å²) in [5.74, 6) is 1.30. The third-order valence-electron chi connectivity index (χ3n) is 3.54. The number of nitrogens with two attached hydrogens (primary N) is 1. The number of rotatable bonds is 2. The van der Waals surface area contributed by atoms with E-state index in [1.54, 1.807) is 10.7 Å². The van der Waals surface area contributed by atoms with Gasteiger partial charge in [0, 0.05) is 18.8 Å². The van der Waals surface area contributed by atoms with Gasteiger partial charge in [-0.2, -0.15) is 4.98 Å². The molecule has 0 aromatic carbocycles. The van der Waals surface area contributed by atoms with Crippen molar-refractivity contribution in [3.8, 4) is 0 Å². The lowest BCUT2D eigenvalue weighted by Gasteiger charge is -2.18. The van der Waals surface area contributed by atoms with Crippen LogP contribution in [-0.4, -0.2) is 33.7 Å². The summed E-state index contributed by atoms with van der Waals surface area (Å²) in [5.41, 5.74) is 6.56. The monoisotopic (exact) mass is 265 g/mol. The number of fused-ring (bicyclic) bond motifs is 1. The van der Waals surface area contributed by atoms with Crippen LogP contribution in [0.15, 0.2) is 18.3 Å². The molecule has 3 heterocycles. The van der Waals surface area contributed by atoms with Gasteiger partial charge < -0.3 is 10.6 Å². The fraction of sp³-hybridized carbons (Fsp3) is 0.500. The maximum atomic E-state index is 5.94. The van der Waals surface area contributed by atoms with Crippen LogP contribution in [0.3, 0.4) is 0 Å². The molecule has 0 radical (unpaired) electrons. The minimum Gasteiger partial charge on any atom is -0.336 e. The largest absolute Gasteiger partial charge is 0.336 e. The van der Waals surface area contributed by atoms with Gasteiger partial charge in [0.1, 0.15) is 0 Å². The summed E-state index contributed by atoms with van der Waals surface area (Å²) in [6, 6.07) is 4.14. The molecule has 3 rings (SSSR count). The molecule has 0 aliphatic carbocycles. The topological polar surface area (TPSA) is 59.5 Å². The van der Waals surface area contributed by atoms with Crippen molar-refractivity contribution < 1.29 is 0 Å². The summed E-state index contributed by atoms with van der Waals surface area (Å²) in [6.45, 7) is 3.84. The summed E-state index contributed by atoms with van der Waals surface area (Å²) >= 11 is 5.94. The zero-order valence-electron chi connectivity index (χ0n) is 10.3. The molecule has 0 saturated carbocycles. The smallest absolute Gasteiger partial charge is 0.245 e. The minimum atomic E-state index is 0.437. The number of halogens is 1. The van der Waals surface area contributed by atoms with E-state index in [-0.39, 0.29) is 0 Å². The molecule has 0 spiro atoms. The summed E-state index contributed by atoms with van der Waals surface area (Å²) in [4.78, 5) is 6.75. The molecule has 0 amide bonds. The van der Waals surface area contributed by atoms with Crippen molar-refractivity contribution in [3.05, 3.63) is 23.4 Å². The van der Waals surface area contributed by atoms with Crippen molar-refractivity contribution in [2.45, 2.75) is 19.4 Å². The zero-order valence-corrected chi connectivity index (χ0v) is 11.0. The normalized spacial score (nSPS) is 24.1. The third-order valence-corrected chi connectivity index (χ3v) is 3.76. The Balaban J connectivity index is 1.94. The molecule has 5 nitrogen and oxygen atoms in total. The SMILES string of the molecule is CC1CC(CN)CN1c1nc2ccc(Cl)cn2n1. The van der Waals surface area contributed by atoms with E-state index >= 15 is 0 Å². The quantitative estimate of drug-likeness (QED) is 0.895. The van der Waals surface area contributed by atoms with Crippen LogP contribution in [0, 0.1) is 5.92 Å². The van der Waals surface area contributed by atoms with Crippen LogP contribution in [-0.2, 0) is 0 Å². The Morgan fingerprint density at radius 1 is 1.50 bits per heavy atom. The van der Waals surface area contributed by atoms with E-state index in [4.69, 9.17) is 17.3 Å². The predicted octanol–water partition coefficient (Wildman–Crippen LogP) is 1.56. The lowest BCUT2D eigenvalue weighted by Crippen LogP contribution is -2.28. The molecule has 2 N–H and O–H groups in total. The second kappa shape index (κ2) is 4.40. The molecule has 1 aliphatic rings. The van der Waals surface area contributed by atoms with Crippen molar-refractivity contribution in [1.82, 2.24) is 14.6 Å². The highest BCUT2D eigenvalue weighted by Gasteiger charge is 2.30. The lowest BCUT2D eigenvalue weighted by molar-refractivity contribution is 0.579. The van der Waals surface area contributed by atoms with Crippen LogP contribution in [0.25, 0.3) is 5.65 Å². The molecule has 96 valence electrons. The molecule has 18 heavy (non-hydrogen) atoms. The standard InChI is InChI=1S/C12H16ClN5/c1-8-4-9(5-14)6-17(8)12-15-11-3-2-10(13)7-18(11)16-12/h2-3,7-9H,4-6,14H2,1H3. The Morgan fingerprint density at radius 3 is 3.06 bits per heavy atom. The molecular weight excluding hydrogens is 250 g/mol. The fourth-order valence-corrected chi connectivity index (χ4v) is 2.72. The van der Waals surface area contributed by atoms with Gasteiger partial charge in [-0.05, 0) is 37.9 Å². The fourth-order valence-electron chi connectivity index (χ4n) is 2.56. The molecule has 0 bridgehead atoms. The van der Waals surface area contributed by atoms with Gasteiger partial charge in [-0.25, -0.2) is 4.52 Å². The highest BCUT2D eigenvalue weighted by Crippen LogP contribution is 2.26. The van der Waals surface area contributed by atoms with E-state index in [0.717, 1.165) is 31.1 Å². The van der Waals surface area contributed by atoms with Crippen LogP contribution >= 0.6 is 11.6 Å². The number of pyridine rings is 1. The highest BCUT2D eigenvalue weighted by molar-refractivity contribution is 6.30. The second-order valence-corrected chi connectivity index (χ2v) is 5.34. The van der Waals surface area contributed by atoms with Gasteiger partial charge in [0.2, 0.25) is 5.95 Å². The van der Waals surface area contributed by atoms with E-state index in [1.165, 1.54) is 0 Å². The zero-order chi connectivity index (χ0) is 12.7. The van der Waals surface area contributed by atoms with Crippen molar-refractivity contribution in [2.75, 3.05) is 18.0 Å². The number of anilines is 1. The number of aromatic nitrogens is 3. The van der Waals surface area contributed by atoms with Crippen molar-refractivity contribution in [2.24, 2.45) is 11.7 Å². The number of hydrogen-bond acceptors (Lipinski definition) is 4. The second-order valence-electron chi connectivity index (χ2n) is 4.90. The van der Waals surface area contributed by atoms with Gasteiger partial charge >= 0.3 is 0 Å². The van der Waals surface area contributed by atoms with E-state index in [9.17, 15) is 0 Å². The van der Waals surface area contributed by atoms with Crippen molar-refractivity contribution in [3.63, 3.8) is 0 Å². The maximum absolute atomic E-state index is 5.94. The number of hydrogen-bond donors (Lipinski definition) is 1. The summed E-state index contributed by atoms with van der Waals surface area (Å²) in [5, 5.41) is 5.14. The van der Waals surface area contributed by atoms with Crippen LogP contribution in [0.1, 0.15) is 13.3 Å². The van der Waals surface area contributed by atoms with Gasteiger partial charge in [0.05, 0.1) is 5.02 Å². The molecular formula is C12H16ClN5. The van der Waals surface area contributed by atoms with Crippen LogP contribution in [0.2, 0.25) is 5.02 Å². The molecule has 2 aromatic rings. The molecule has 1 fully saturated rings. The Bertz CT molecular complexity index is 567. The van der Waals surface area contributed by atoms with E-state index in [2.05, 4.69) is 21.9 Å². The van der Waals surface area contributed by atoms with Crippen LogP contribution < -0.4 is 10.6 Å². The van der Waals surface area contributed by atoms with Gasteiger partial charge in [0.25, 0.3) is 0 Å². The Morgan fingerprint density at radius 2 is 2.33 bits per heavy atom. The molecule has 2 aromatic heterocycles. The van der Waals surface area contributed by atoms with Crippen LogP contribution in [0.4, 0.5) is 5.95 Å². The first-order chi connectivity index (χ1) is 8.67. The molecule has 6 heteroatoms. The Labute approximate surface area is 111 Å². The highest BCUT2D eigenvalue weighted by atomic mass is 35.5. The lowest BCUT2D eigenvalue weighted by atomic mass is 10.1.